The molecule has 0 bridgehead atoms. The van der Waals surface area contributed by atoms with Gasteiger partial charge in [-0.05, 0) is 42.3 Å². The molecule has 1 saturated carbocycles. The predicted octanol–water partition coefficient (Wildman–Crippen LogP) is 2.43. The number of nitrogens with one attached hydrogen (secondary N) is 1. The fraction of sp³-hybridized carbons (Fsp3) is 0.400. The molecule has 2 aromatic rings. The zero-order chi connectivity index (χ0) is 13.2. The van der Waals surface area contributed by atoms with Crippen LogP contribution in [0.15, 0.2) is 30.5 Å². The highest BCUT2D eigenvalue weighted by Crippen LogP contribution is 2.29. The van der Waals surface area contributed by atoms with Gasteiger partial charge in [-0.3, -0.25) is 0 Å². The number of nitrogens with zero attached hydrogens (tertiary/aromatic N) is 1. The fourth-order valence-electron chi connectivity index (χ4n) is 2.52. The van der Waals surface area contributed by atoms with Crippen LogP contribution in [0.2, 0.25) is 0 Å². The minimum Gasteiger partial charge on any atom is -0.497 e. The summed E-state index contributed by atoms with van der Waals surface area (Å²) in [5.74, 6) is 2.28. The monoisotopic (exact) mass is 258 g/mol. The molecule has 3 rings (SSSR count). The molecule has 0 radical (unpaired) electrons. The lowest BCUT2D eigenvalue weighted by atomic mass is 9.82. The van der Waals surface area contributed by atoms with Gasteiger partial charge in [-0.25, -0.2) is 4.98 Å². The number of anilines is 1. The first-order chi connectivity index (χ1) is 9.26. The van der Waals surface area contributed by atoms with Crippen molar-refractivity contribution in [3.8, 4) is 5.75 Å². The molecule has 2 N–H and O–H groups in total. The Morgan fingerprint density at radius 2 is 2.21 bits per heavy atom. The molecule has 1 fully saturated rings. The summed E-state index contributed by atoms with van der Waals surface area (Å²) >= 11 is 0. The number of benzene rings is 1. The zero-order valence-corrected chi connectivity index (χ0v) is 11.0. The number of hydrogen-bond donors (Lipinski definition) is 2. The van der Waals surface area contributed by atoms with Crippen molar-refractivity contribution in [2.24, 2.45) is 5.92 Å². The summed E-state index contributed by atoms with van der Waals surface area (Å²) in [6.07, 6.45) is 3.49. The Bertz CT molecular complexity index is 579. The van der Waals surface area contributed by atoms with Crippen LogP contribution >= 0.6 is 0 Å². The summed E-state index contributed by atoms with van der Waals surface area (Å²) in [5.41, 5.74) is 0. The van der Waals surface area contributed by atoms with Crippen molar-refractivity contribution in [2.45, 2.75) is 18.9 Å². The SMILES string of the molecule is COc1ccc2ccnc(NCC3CC(O)C3)c2c1. The van der Waals surface area contributed by atoms with Gasteiger partial charge >= 0.3 is 0 Å². The minimum absolute atomic E-state index is 0.104. The standard InChI is InChI=1S/C15H18N2O2/c1-19-13-3-2-11-4-5-16-15(14(11)8-13)17-9-10-6-12(18)7-10/h2-5,8,10,12,18H,6-7,9H2,1H3,(H,16,17). The molecule has 19 heavy (non-hydrogen) atoms. The van der Waals surface area contributed by atoms with Crippen molar-refractivity contribution in [3.63, 3.8) is 0 Å². The van der Waals surface area contributed by atoms with E-state index in [4.69, 9.17) is 4.74 Å². The van der Waals surface area contributed by atoms with E-state index in [0.29, 0.717) is 5.92 Å². The average molecular weight is 258 g/mol. The maximum Gasteiger partial charge on any atom is 0.133 e. The summed E-state index contributed by atoms with van der Waals surface area (Å²) in [5, 5.41) is 14.9. The van der Waals surface area contributed by atoms with Crippen LogP contribution in [0.1, 0.15) is 12.8 Å². The number of methoxy groups -OCH3 is 1. The van der Waals surface area contributed by atoms with E-state index in [1.54, 1.807) is 7.11 Å². The summed E-state index contributed by atoms with van der Waals surface area (Å²) in [4.78, 5) is 4.40. The lowest BCUT2D eigenvalue weighted by Crippen LogP contribution is -2.33. The van der Waals surface area contributed by atoms with Gasteiger partial charge in [-0.2, -0.15) is 0 Å². The first-order valence-electron chi connectivity index (χ1n) is 6.61. The second kappa shape index (κ2) is 5.05. The topological polar surface area (TPSA) is 54.4 Å². The van der Waals surface area contributed by atoms with E-state index in [9.17, 15) is 5.11 Å². The Morgan fingerprint density at radius 1 is 1.37 bits per heavy atom. The van der Waals surface area contributed by atoms with Gasteiger partial charge in [-0.15, -0.1) is 0 Å². The number of aromatic nitrogens is 1. The van der Waals surface area contributed by atoms with Crippen LogP contribution in [0, 0.1) is 5.92 Å². The van der Waals surface area contributed by atoms with Crippen LogP contribution in [-0.4, -0.2) is 29.8 Å². The summed E-state index contributed by atoms with van der Waals surface area (Å²) in [6, 6.07) is 7.98. The largest absolute Gasteiger partial charge is 0.497 e. The van der Waals surface area contributed by atoms with Crippen molar-refractivity contribution in [2.75, 3.05) is 19.0 Å². The van der Waals surface area contributed by atoms with Gasteiger partial charge in [0, 0.05) is 18.1 Å². The number of ether oxygens (including phenoxy) is 1. The van der Waals surface area contributed by atoms with Crippen molar-refractivity contribution in [1.29, 1.82) is 0 Å². The summed E-state index contributed by atoms with van der Waals surface area (Å²) in [6.45, 7) is 0.861. The molecule has 4 heteroatoms. The predicted molar refractivity (Wildman–Crippen MR) is 75.5 cm³/mol. The number of fused-ring (bicyclic) bond motifs is 1. The van der Waals surface area contributed by atoms with E-state index >= 15 is 0 Å². The van der Waals surface area contributed by atoms with Gasteiger partial charge < -0.3 is 15.2 Å². The number of hydrogen-bond acceptors (Lipinski definition) is 4. The molecule has 0 spiro atoms. The van der Waals surface area contributed by atoms with Crippen molar-refractivity contribution in [1.82, 2.24) is 4.98 Å². The molecule has 0 amide bonds. The van der Waals surface area contributed by atoms with E-state index in [-0.39, 0.29) is 6.10 Å². The maximum atomic E-state index is 9.30. The first kappa shape index (κ1) is 12.2. The molecule has 100 valence electrons. The van der Waals surface area contributed by atoms with Crippen LogP contribution in [0.25, 0.3) is 10.8 Å². The molecule has 1 aromatic carbocycles. The van der Waals surface area contributed by atoms with Crippen LogP contribution in [0.4, 0.5) is 5.82 Å². The van der Waals surface area contributed by atoms with Crippen molar-refractivity contribution < 1.29 is 9.84 Å². The average Bonchev–Trinajstić information content (AvgIpc) is 2.41. The quantitative estimate of drug-likeness (QED) is 0.884. The van der Waals surface area contributed by atoms with Gasteiger partial charge in [0.1, 0.15) is 11.6 Å². The Morgan fingerprint density at radius 3 is 2.95 bits per heavy atom. The number of aliphatic hydroxyl groups excluding tert-OH is 1. The highest BCUT2D eigenvalue weighted by Gasteiger charge is 2.26. The first-order valence-corrected chi connectivity index (χ1v) is 6.61. The normalized spacial score (nSPS) is 22.0. The molecule has 1 aromatic heterocycles. The third kappa shape index (κ3) is 2.49. The minimum atomic E-state index is -0.104. The third-order valence-electron chi connectivity index (χ3n) is 3.74. The smallest absolute Gasteiger partial charge is 0.133 e. The van der Waals surface area contributed by atoms with Gasteiger partial charge in [0.05, 0.1) is 13.2 Å². The van der Waals surface area contributed by atoms with E-state index in [1.807, 2.05) is 30.5 Å². The maximum absolute atomic E-state index is 9.30. The van der Waals surface area contributed by atoms with Gasteiger partial charge in [-0.1, -0.05) is 6.07 Å². The molecule has 4 nitrogen and oxygen atoms in total. The third-order valence-corrected chi connectivity index (χ3v) is 3.74. The van der Waals surface area contributed by atoms with E-state index in [2.05, 4.69) is 10.3 Å². The van der Waals surface area contributed by atoms with Crippen molar-refractivity contribution >= 4 is 16.6 Å². The molecule has 0 atom stereocenters. The summed E-state index contributed by atoms with van der Waals surface area (Å²) < 4.78 is 5.26. The number of aliphatic hydroxyl groups is 1. The van der Waals surface area contributed by atoms with Gasteiger partial charge in [0.15, 0.2) is 0 Å². The van der Waals surface area contributed by atoms with E-state index in [0.717, 1.165) is 41.7 Å². The molecule has 1 heterocycles. The molecule has 0 unspecified atom stereocenters. The second-order valence-corrected chi connectivity index (χ2v) is 5.12. The number of pyridine rings is 1. The lowest BCUT2D eigenvalue weighted by molar-refractivity contribution is 0.0487. The zero-order valence-electron chi connectivity index (χ0n) is 11.0. The second-order valence-electron chi connectivity index (χ2n) is 5.12. The van der Waals surface area contributed by atoms with Crippen molar-refractivity contribution in [3.05, 3.63) is 30.5 Å². The van der Waals surface area contributed by atoms with E-state index in [1.165, 1.54) is 0 Å². The molecule has 1 aliphatic rings. The fourth-order valence-corrected chi connectivity index (χ4v) is 2.52. The highest BCUT2D eigenvalue weighted by atomic mass is 16.5. The molecular formula is C15H18N2O2. The Labute approximate surface area is 112 Å². The van der Waals surface area contributed by atoms with Crippen LogP contribution in [0.5, 0.6) is 5.75 Å². The molecule has 0 aliphatic heterocycles. The summed E-state index contributed by atoms with van der Waals surface area (Å²) in [7, 11) is 1.67. The van der Waals surface area contributed by atoms with Gasteiger partial charge in [0.2, 0.25) is 0 Å². The number of rotatable bonds is 4. The lowest BCUT2D eigenvalue weighted by Gasteiger charge is -2.31. The molecule has 1 aliphatic carbocycles. The Kier molecular flexibility index (Phi) is 3.25. The Hall–Kier alpha value is -1.81. The van der Waals surface area contributed by atoms with E-state index < -0.39 is 0 Å². The molecular weight excluding hydrogens is 240 g/mol. The molecule has 0 saturated heterocycles. The van der Waals surface area contributed by atoms with Gasteiger partial charge in [0.25, 0.3) is 0 Å². The Balaban J connectivity index is 1.81. The highest BCUT2D eigenvalue weighted by molar-refractivity contribution is 5.92. The van der Waals surface area contributed by atoms with Crippen LogP contribution in [0.3, 0.4) is 0 Å². The van der Waals surface area contributed by atoms with Crippen LogP contribution in [-0.2, 0) is 0 Å². The van der Waals surface area contributed by atoms with Crippen LogP contribution < -0.4 is 10.1 Å².